The van der Waals surface area contributed by atoms with Crippen LogP contribution >= 0.6 is 15.6 Å². The summed E-state index contributed by atoms with van der Waals surface area (Å²) in [5.74, 6) is 0.172. The van der Waals surface area contributed by atoms with Crippen molar-refractivity contribution in [1.82, 2.24) is 0 Å². The topological polar surface area (TPSA) is 237 Å². The second-order valence-corrected chi connectivity index (χ2v) is 30.0. The SMILES string of the molecule is CCCCCCCCCCCCCCCCC(=O)OC[C@H](COP(=O)(O)OC[C@@H](O)COP(=O)(O)OC[C@@H](COC(=O)CCCCCCCCC(C)CC)OC(=O)CCCCCCCCC(C)CC)OC(=O)CCCCCCCCCCCCCCCCC(C)CC. The van der Waals surface area contributed by atoms with Crippen molar-refractivity contribution in [3.63, 3.8) is 0 Å². The summed E-state index contributed by atoms with van der Waals surface area (Å²) in [6.45, 7) is 11.8. The molecule has 0 radical (unpaired) electrons. The largest absolute Gasteiger partial charge is 0.472 e. The van der Waals surface area contributed by atoms with Crippen LogP contribution in [0.15, 0.2) is 0 Å². The summed E-state index contributed by atoms with van der Waals surface area (Å²) in [5, 5.41) is 10.6. The summed E-state index contributed by atoms with van der Waals surface area (Å²) in [5.41, 5.74) is 0. The van der Waals surface area contributed by atoms with Crippen LogP contribution in [-0.4, -0.2) is 96.7 Å². The average molecular weight is 1350 g/mol. The van der Waals surface area contributed by atoms with E-state index in [1.54, 1.807) is 0 Å². The fourth-order valence-electron chi connectivity index (χ4n) is 11.0. The molecule has 0 aliphatic rings. The molecule has 5 unspecified atom stereocenters. The van der Waals surface area contributed by atoms with Gasteiger partial charge >= 0.3 is 39.5 Å². The third-order valence-corrected chi connectivity index (χ3v) is 19.9. The number of ether oxygens (including phenoxy) is 4. The van der Waals surface area contributed by atoms with Crippen molar-refractivity contribution in [3.8, 4) is 0 Å². The molecule has 0 heterocycles. The summed E-state index contributed by atoms with van der Waals surface area (Å²) in [6, 6.07) is 0. The second-order valence-electron chi connectivity index (χ2n) is 27.1. The lowest BCUT2D eigenvalue weighted by Gasteiger charge is -2.21. The number of hydrogen-bond donors (Lipinski definition) is 3. The van der Waals surface area contributed by atoms with E-state index in [0.29, 0.717) is 25.7 Å². The summed E-state index contributed by atoms with van der Waals surface area (Å²) in [6.07, 6.45) is 48.6. The maximum atomic E-state index is 13.1. The zero-order valence-electron chi connectivity index (χ0n) is 60.0. The summed E-state index contributed by atoms with van der Waals surface area (Å²) in [7, 11) is -9.91. The molecule has 0 saturated heterocycles. The molecule has 0 aromatic rings. The Balaban J connectivity index is 5.24. The molecule has 0 spiro atoms. The molecule has 0 rings (SSSR count). The van der Waals surface area contributed by atoms with E-state index in [4.69, 9.17) is 37.0 Å². The highest BCUT2D eigenvalue weighted by Crippen LogP contribution is 2.45. The molecule has 546 valence electrons. The van der Waals surface area contributed by atoms with E-state index in [0.717, 1.165) is 114 Å². The van der Waals surface area contributed by atoms with E-state index < -0.39 is 97.5 Å². The highest BCUT2D eigenvalue weighted by molar-refractivity contribution is 7.47. The van der Waals surface area contributed by atoms with Gasteiger partial charge in [0.2, 0.25) is 0 Å². The van der Waals surface area contributed by atoms with Gasteiger partial charge < -0.3 is 33.8 Å². The molecule has 92 heavy (non-hydrogen) atoms. The van der Waals surface area contributed by atoms with Gasteiger partial charge in [-0.1, -0.05) is 318 Å². The predicted octanol–water partition coefficient (Wildman–Crippen LogP) is 21.0. The van der Waals surface area contributed by atoms with E-state index in [9.17, 15) is 43.2 Å². The zero-order valence-corrected chi connectivity index (χ0v) is 61.8. The molecule has 17 nitrogen and oxygen atoms in total. The van der Waals surface area contributed by atoms with Crippen LogP contribution in [0.25, 0.3) is 0 Å². The Bertz CT molecular complexity index is 1810. The second kappa shape index (κ2) is 63.8. The number of aliphatic hydroxyl groups is 1. The van der Waals surface area contributed by atoms with Crippen molar-refractivity contribution in [3.05, 3.63) is 0 Å². The van der Waals surface area contributed by atoms with Gasteiger partial charge in [0.05, 0.1) is 26.4 Å². The first kappa shape index (κ1) is 90.1. The highest BCUT2D eigenvalue weighted by Gasteiger charge is 2.30. The van der Waals surface area contributed by atoms with Crippen molar-refractivity contribution in [2.45, 2.75) is 388 Å². The summed E-state index contributed by atoms with van der Waals surface area (Å²) in [4.78, 5) is 72.6. The van der Waals surface area contributed by atoms with Crippen LogP contribution in [0.2, 0.25) is 0 Å². The Hall–Kier alpha value is -1.94. The molecule has 3 N–H and O–H groups in total. The number of rotatable bonds is 71. The normalized spacial score (nSPS) is 15.0. The smallest absolute Gasteiger partial charge is 0.462 e. The van der Waals surface area contributed by atoms with Crippen LogP contribution in [0.5, 0.6) is 0 Å². The van der Waals surface area contributed by atoms with E-state index in [1.165, 1.54) is 173 Å². The van der Waals surface area contributed by atoms with Crippen LogP contribution < -0.4 is 0 Å². The standard InChI is InChI=1S/C73H142O17P2/c1-8-12-13-14-15-16-17-18-22-25-28-31-40-47-54-70(75)83-60-68(89-72(77)56-49-42-32-29-26-23-20-19-21-24-27-30-37-44-51-64(5)9-2)62-87-91(79,80)85-58-67(74)59-86-92(81,82)88-63-69(90-73(78)57-50-43-36-34-39-46-53-66(7)11-4)61-84-71(76)55-48-41-35-33-38-45-52-65(6)10-3/h64-69,74H,8-63H2,1-7H3,(H,79,80)(H,81,82)/t64?,65?,66?,67-,68-,69-/m1/s1. The van der Waals surface area contributed by atoms with Gasteiger partial charge in [-0.05, 0) is 43.4 Å². The number of carbonyl (C=O) groups is 4. The van der Waals surface area contributed by atoms with Gasteiger partial charge in [-0.3, -0.25) is 37.3 Å². The highest BCUT2D eigenvalue weighted by atomic mass is 31.2. The molecular formula is C73H142O17P2. The molecule has 0 aliphatic carbocycles. The fraction of sp³-hybridized carbons (Fsp3) is 0.945. The average Bonchev–Trinajstić information content (AvgIpc) is 3.68. The number of phosphoric acid groups is 2. The minimum atomic E-state index is -4.96. The van der Waals surface area contributed by atoms with Gasteiger partial charge in [-0.25, -0.2) is 9.13 Å². The van der Waals surface area contributed by atoms with E-state index in [1.807, 2.05) is 0 Å². The maximum absolute atomic E-state index is 13.1. The van der Waals surface area contributed by atoms with Gasteiger partial charge in [0.15, 0.2) is 12.2 Å². The first-order valence-electron chi connectivity index (χ1n) is 38.0. The minimum absolute atomic E-state index is 0.102. The van der Waals surface area contributed by atoms with Crippen LogP contribution in [0, 0.1) is 17.8 Å². The van der Waals surface area contributed by atoms with Crippen molar-refractivity contribution < 1.29 is 80.2 Å². The van der Waals surface area contributed by atoms with Crippen molar-refractivity contribution in [2.24, 2.45) is 17.8 Å². The maximum Gasteiger partial charge on any atom is 0.472 e. The first-order chi connectivity index (χ1) is 44.3. The van der Waals surface area contributed by atoms with Gasteiger partial charge in [0, 0.05) is 25.7 Å². The van der Waals surface area contributed by atoms with Crippen LogP contribution in [0.4, 0.5) is 0 Å². The Morgan fingerprint density at radius 2 is 0.522 bits per heavy atom. The number of unbranched alkanes of at least 4 members (excludes halogenated alkanes) is 36. The number of aliphatic hydroxyl groups excluding tert-OH is 1. The monoisotopic (exact) mass is 1350 g/mol. The minimum Gasteiger partial charge on any atom is -0.462 e. The lowest BCUT2D eigenvalue weighted by Crippen LogP contribution is -2.30. The third-order valence-electron chi connectivity index (χ3n) is 18.0. The van der Waals surface area contributed by atoms with Crippen LogP contribution in [0.3, 0.4) is 0 Å². The lowest BCUT2D eigenvalue weighted by molar-refractivity contribution is -0.161. The van der Waals surface area contributed by atoms with Gasteiger partial charge in [0.25, 0.3) is 0 Å². The first-order valence-corrected chi connectivity index (χ1v) is 41.0. The van der Waals surface area contributed by atoms with Crippen molar-refractivity contribution >= 4 is 39.5 Å². The van der Waals surface area contributed by atoms with E-state index >= 15 is 0 Å². The zero-order chi connectivity index (χ0) is 68.0. The Morgan fingerprint density at radius 1 is 0.304 bits per heavy atom. The van der Waals surface area contributed by atoms with Gasteiger partial charge in [-0.15, -0.1) is 0 Å². The molecule has 0 aromatic carbocycles. The van der Waals surface area contributed by atoms with E-state index in [-0.39, 0.29) is 25.7 Å². The Morgan fingerprint density at radius 3 is 0.772 bits per heavy atom. The van der Waals surface area contributed by atoms with Gasteiger partial charge in [-0.2, -0.15) is 0 Å². The Labute approximate surface area is 562 Å². The molecule has 0 bridgehead atoms. The fourth-order valence-corrected chi connectivity index (χ4v) is 12.6. The Kier molecular flexibility index (Phi) is 62.4. The number of carbonyl (C=O) groups excluding carboxylic acids is 4. The molecule has 19 heteroatoms. The summed E-state index contributed by atoms with van der Waals surface area (Å²) < 4.78 is 68.4. The van der Waals surface area contributed by atoms with E-state index in [2.05, 4.69) is 48.5 Å². The van der Waals surface area contributed by atoms with Crippen molar-refractivity contribution in [2.75, 3.05) is 39.6 Å². The van der Waals surface area contributed by atoms with Crippen molar-refractivity contribution in [1.29, 1.82) is 0 Å². The van der Waals surface area contributed by atoms with Gasteiger partial charge in [0.1, 0.15) is 19.3 Å². The number of esters is 4. The summed E-state index contributed by atoms with van der Waals surface area (Å²) >= 11 is 0. The quantitative estimate of drug-likeness (QED) is 0.0222. The van der Waals surface area contributed by atoms with Crippen LogP contribution in [-0.2, 0) is 65.4 Å². The molecule has 0 amide bonds. The third kappa shape index (κ3) is 62.8. The lowest BCUT2D eigenvalue weighted by atomic mass is 9.99. The molecule has 8 atom stereocenters. The van der Waals surface area contributed by atoms with Crippen LogP contribution in [0.1, 0.15) is 370 Å². The number of hydrogen-bond acceptors (Lipinski definition) is 15. The predicted molar refractivity (Wildman–Crippen MR) is 372 cm³/mol. The molecular weight excluding hydrogens is 1210 g/mol. The molecule has 0 saturated carbocycles. The number of phosphoric ester groups is 2. The molecule has 0 aromatic heterocycles. The molecule has 0 fully saturated rings. The molecule has 0 aliphatic heterocycles.